The van der Waals surface area contributed by atoms with Crippen molar-refractivity contribution in [1.82, 2.24) is 4.57 Å². The molecule has 124 valence electrons. The summed E-state index contributed by atoms with van der Waals surface area (Å²) in [4.78, 5) is 28.0. The van der Waals surface area contributed by atoms with Crippen LogP contribution in [0.2, 0.25) is 0 Å². The largest absolute Gasteiger partial charge is 0.466 e. The van der Waals surface area contributed by atoms with E-state index in [1.165, 1.54) is 23.5 Å². The molecule has 0 bridgehead atoms. The Morgan fingerprint density at radius 3 is 2.78 bits per heavy atom. The van der Waals surface area contributed by atoms with Crippen molar-refractivity contribution in [2.24, 2.45) is 4.99 Å². The van der Waals surface area contributed by atoms with Gasteiger partial charge in [0, 0.05) is 13.0 Å². The van der Waals surface area contributed by atoms with E-state index in [-0.39, 0.29) is 24.1 Å². The van der Waals surface area contributed by atoms with Crippen molar-refractivity contribution in [2.45, 2.75) is 39.7 Å². The van der Waals surface area contributed by atoms with Crippen LogP contribution in [-0.4, -0.2) is 23.1 Å². The third kappa shape index (κ3) is 4.48. The molecule has 0 radical (unpaired) electrons. The summed E-state index contributed by atoms with van der Waals surface area (Å²) >= 11 is 1.24. The Labute approximate surface area is 137 Å². The van der Waals surface area contributed by atoms with E-state index in [1.54, 1.807) is 17.6 Å². The van der Waals surface area contributed by atoms with Gasteiger partial charge >= 0.3 is 5.97 Å². The number of thiazole rings is 1. The lowest BCUT2D eigenvalue weighted by Crippen LogP contribution is -2.19. The van der Waals surface area contributed by atoms with Gasteiger partial charge in [0.15, 0.2) is 4.80 Å². The van der Waals surface area contributed by atoms with E-state index in [4.69, 9.17) is 4.74 Å². The first kappa shape index (κ1) is 17.3. The molecule has 2 aromatic rings. The summed E-state index contributed by atoms with van der Waals surface area (Å²) in [5.41, 5.74) is 0.753. The standard InChI is InChI=1S/C16H19FN2O3S/c1-3-5-14(20)18-16-19(9-8-15(21)22-4-2)12-7-6-11(17)10-13(12)23-16/h6-7,10H,3-5,8-9H2,1-2H3. The van der Waals surface area contributed by atoms with Gasteiger partial charge in [0.1, 0.15) is 5.82 Å². The Morgan fingerprint density at radius 1 is 1.30 bits per heavy atom. The molecule has 0 aliphatic carbocycles. The monoisotopic (exact) mass is 338 g/mol. The zero-order valence-electron chi connectivity index (χ0n) is 13.2. The van der Waals surface area contributed by atoms with Crippen LogP contribution in [0.25, 0.3) is 10.2 Å². The van der Waals surface area contributed by atoms with Crippen LogP contribution in [-0.2, 0) is 20.9 Å². The highest BCUT2D eigenvalue weighted by atomic mass is 32.1. The van der Waals surface area contributed by atoms with Gasteiger partial charge in [0.2, 0.25) is 5.91 Å². The zero-order valence-corrected chi connectivity index (χ0v) is 14.0. The van der Waals surface area contributed by atoms with Crippen molar-refractivity contribution in [3.63, 3.8) is 0 Å². The number of hydrogen-bond acceptors (Lipinski definition) is 4. The molecule has 7 heteroatoms. The fraction of sp³-hybridized carbons (Fsp3) is 0.438. The summed E-state index contributed by atoms with van der Waals surface area (Å²) in [6.45, 7) is 4.31. The molecule has 0 fully saturated rings. The number of aromatic nitrogens is 1. The molecule has 0 unspecified atom stereocenters. The number of fused-ring (bicyclic) bond motifs is 1. The summed E-state index contributed by atoms with van der Waals surface area (Å²) in [5, 5.41) is 0. The lowest BCUT2D eigenvalue weighted by molar-refractivity contribution is -0.143. The number of aryl methyl sites for hydroxylation is 1. The van der Waals surface area contributed by atoms with Crippen molar-refractivity contribution in [1.29, 1.82) is 0 Å². The maximum atomic E-state index is 13.4. The van der Waals surface area contributed by atoms with Crippen LogP contribution in [0.5, 0.6) is 0 Å². The normalized spacial score (nSPS) is 11.9. The average molecular weight is 338 g/mol. The van der Waals surface area contributed by atoms with Crippen LogP contribution in [0.3, 0.4) is 0 Å². The van der Waals surface area contributed by atoms with Crippen molar-refractivity contribution >= 4 is 33.4 Å². The highest BCUT2D eigenvalue weighted by Crippen LogP contribution is 2.19. The van der Waals surface area contributed by atoms with E-state index in [0.29, 0.717) is 35.5 Å². The van der Waals surface area contributed by atoms with Crippen molar-refractivity contribution < 1.29 is 18.7 Å². The summed E-state index contributed by atoms with van der Waals surface area (Å²) in [6.07, 6.45) is 1.25. The molecule has 0 N–H and O–H groups in total. The number of amides is 1. The first-order chi connectivity index (χ1) is 11.0. The molecule has 1 amide bonds. The lowest BCUT2D eigenvalue weighted by atomic mass is 10.3. The molecule has 0 atom stereocenters. The lowest BCUT2D eigenvalue weighted by Gasteiger charge is -2.05. The Hall–Kier alpha value is -2.02. The minimum Gasteiger partial charge on any atom is -0.466 e. The molecule has 1 aromatic heterocycles. The van der Waals surface area contributed by atoms with Gasteiger partial charge in [-0.3, -0.25) is 9.59 Å². The number of halogens is 1. The number of benzene rings is 1. The van der Waals surface area contributed by atoms with Crippen LogP contribution in [0.4, 0.5) is 4.39 Å². The molecule has 1 heterocycles. The number of hydrogen-bond donors (Lipinski definition) is 0. The van der Waals surface area contributed by atoms with Gasteiger partial charge in [0.05, 0.1) is 23.2 Å². The molecule has 0 aliphatic rings. The van der Waals surface area contributed by atoms with E-state index < -0.39 is 0 Å². The van der Waals surface area contributed by atoms with Crippen molar-refractivity contribution in [3.8, 4) is 0 Å². The molecule has 1 aromatic carbocycles. The van der Waals surface area contributed by atoms with Gasteiger partial charge in [-0.1, -0.05) is 18.3 Å². The molecular weight excluding hydrogens is 319 g/mol. The second kappa shape index (κ2) is 8.01. The van der Waals surface area contributed by atoms with E-state index in [0.717, 1.165) is 5.52 Å². The maximum Gasteiger partial charge on any atom is 0.307 e. The number of ether oxygens (including phenoxy) is 1. The fourth-order valence-corrected chi connectivity index (χ4v) is 3.26. The van der Waals surface area contributed by atoms with Crippen LogP contribution in [0.1, 0.15) is 33.1 Å². The molecule has 0 saturated heterocycles. The Morgan fingerprint density at radius 2 is 2.09 bits per heavy atom. The predicted octanol–water partition coefficient (Wildman–Crippen LogP) is 3.02. The molecule has 0 spiro atoms. The fourth-order valence-electron chi connectivity index (χ4n) is 2.16. The minimum atomic E-state index is -0.345. The molecule has 0 aliphatic heterocycles. The SMILES string of the molecule is CCCC(=O)N=c1sc2cc(F)ccc2n1CCC(=O)OCC. The van der Waals surface area contributed by atoms with Gasteiger partial charge in [-0.15, -0.1) is 0 Å². The summed E-state index contributed by atoms with van der Waals surface area (Å²) in [5.74, 6) is -0.876. The second-order valence-corrected chi connectivity index (χ2v) is 5.97. The van der Waals surface area contributed by atoms with Crippen molar-refractivity contribution in [2.75, 3.05) is 6.61 Å². The van der Waals surface area contributed by atoms with Gasteiger partial charge < -0.3 is 9.30 Å². The second-order valence-electron chi connectivity index (χ2n) is 4.96. The third-order valence-corrected chi connectivity index (χ3v) is 4.22. The average Bonchev–Trinajstić information content (AvgIpc) is 2.81. The Balaban J connectivity index is 2.41. The first-order valence-electron chi connectivity index (χ1n) is 7.57. The quantitative estimate of drug-likeness (QED) is 0.761. The summed E-state index contributed by atoms with van der Waals surface area (Å²) in [6, 6.07) is 4.40. The smallest absolute Gasteiger partial charge is 0.307 e. The molecule has 5 nitrogen and oxygen atoms in total. The van der Waals surface area contributed by atoms with Gasteiger partial charge in [-0.25, -0.2) is 4.39 Å². The van der Waals surface area contributed by atoms with Gasteiger partial charge in [-0.2, -0.15) is 4.99 Å². The molecule has 2 rings (SSSR count). The highest BCUT2D eigenvalue weighted by Gasteiger charge is 2.11. The molecule has 23 heavy (non-hydrogen) atoms. The van der Waals surface area contributed by atoms with E-state index >= 15 is 0 Å². The molecule has 0 saturated carbocycles. The van der Waals surface area contributed by atoms with Crippen molar-refractivity contribution in [3.05, 3.63) is 28.8 Å². The Bertz CT molecular complexity index is 779. The van der Waals surface area contributed by atoms with E-state index in [9.17, 15) is 14.0 Å². The Kier molecular flexibility index (Phi) is 6.04. The number of nitrogens with zero attached hydrogens (tertiary/aromatic N) is 2. The van der Waals surface area contributed by atoms with Gasteiger partial charge in [0.25, 0.3) is 0 Å². The first-order valence-corrected chi connectivity index (χ1v) is 8.38. The third-order valence-electron chi connectivity index (χ3n) is 3.17. The summed E-state index contributed by atoms with van der Waals surface area (Å²) in [7, 11) is 0. The topological polar surface area (TPSA) is 60.7 Å². The van der Waals surface area contributed by atoms with Crippen LogP contribution in [0, 0.1) is 5.82 Å². The number of rotatable bonds is 6. The minimum absolute atomic E-state index is 0.173. The van der Waals surface area contributed by atoms with Crippen LogP contribution in [0.15, 0.2) is 23.2 Å². The van der Waals surface area contributed by atoms with Crippen LogP contribution >= 0.6 is 11.3 Å². The van der Waals surface area contributed by atoms with E-state index in [1.807, 2.05) is 6.92 Å². The number of carbonyl (C=O) groups is 2. The summed E-state index contributed by atoms with van der Waals surface area (Å²) < 4.78 is 20.8. The van der Waals surface area contributed by atoms with Gasteiger partial charge in [-0.05, 0) is 31.5 Å². The highest BCUT2D eigenvalue weighted by molar-refractivity contribution is 7.16. The van der Waals surface area contributed by atoms with E-state index in [2.05, 4.69) is 4.99 Å². The zero-order chi connectivity index (χ0) is 16.8. The predicted molar refractivity (Wildman–Crippen MR) is 86.5 cm³/mol. The maximum absolute atomic E-state index is 13.4. The van der Waals surface area contributed by atoms with Crippen LogP contribution < -0.4 is 4.80 Å². The molecular formula is C16H19FN2O3S. The number of carbonyl (C=O) groups excluding carboxylic acids is 2. The number of esters is 1.